The highest BCUT2D eigenvalue weighted by Crippen LogP contribution is 2.29. The first-order valence-electron chi connectivity index (χ1n) is 8.90. The van der Waals surface area contributed by atoms with E-state index in [0.29, 0.717) is 16.9 Å². The molecular formula is C22H15F4IN2O2. The van der Waals surface area contributed by atoms with Gasteiger partial charge in [0.05, 0.1) is 15.3 Å². The molecule has 0 radical (unpaired) electrons. The highest BCUT2D eigenvalue weighted by Gasteiger charge is 2.30. The molecule has 3 rings (SSSR count). The first kappa shape index (κ1) is 22.7. The molecule has 0 fully saturated rings. The maximum absolute atomic E-state index is 13.7. The van der Waals surface area contributed by atoms with Crippen LogP contribution in [0, 0.1) is 9.39 Å². The van der Waals surface area contributed by atoms with Crippen molar-refractivity contribution in [2.75, 3.05) is 0 Å². The largest absolute Gasteiger partial charge is 0.488 e. The molecule has 4 nitrogen and oxygen atoms in total. The standard InChI is InChI=1S/C22H15F4IN2O2/c23-18-7-2-1-4-16(18)13-31-20-9-8-14(10-19(20)27)12-28-29-21(30)15-5-3-6-17(11-15)22(24,25)26/h1-12H,13H2,(H,29,30)/b28-12-. The molecule has 31 heavy (non-hydrogen) atoms. The maximum atomic E-state index is 13.7. The number of ether oxygens (including phenoxy) is 1. The van der Waals surface area contributed by atoms with Gasteiger partial charge in [-0.1, -0.05) is 24.3 Å². The minimum Gasteiger partial charge on any atom is -0.488 e. The van der Waals surface area contributed by atoms with E-state index in [-0.39, 0.29) is 18.0 Å². The van der Waals surface area contributed by atoms with Crippen molar-refractivity contribution in [2.24, 2.45) is 5.10 Å². The molecule has 1 amide bonds. The summed E-state index contributed by atoms with van der Waals surface area (Å²) in [6, 6.07) is 15.5. The summed E-state index contributed by atoms with van der Waals surface area (Å²) in [6.45, 7) is 0.0726. The number of carbonyl (C=O) groups excluding carboxylic acids is 1. The van der Waals surface area contributed by atoms with Crippen LogP contribution in [0.25, 0.3) is 0 Å². The number of halogens is 5. The lowest BCUT2D eigenvalue weighted by atomic mass is 10.1. The highest BCUT2D eigenvalue weighted by molar-refractivity contribution is 14.1. The molecule has 0 spiro atoms. The fraction of sp³-hybridized carbons (Fsp3) is 0.0909. The van der Waals surface area contributed by atoms with Crippen molar-refractivity contribution in [1.82, 2.24) is 5.43 Å². The fourth-order valence-corrected chi connectivity index (χ4v) is 3.25. The number of hydrazone groups is 1. The number of amides is 1. The van der Waals surface area contributed by atoms with E-state index >= 15 is 0 Å². The van der Waals surface area contributed by atoms with Gasteiger partial charge in [-0.05, 0) is 70.6 Å². The van der Waals surface area contributed by atoms with Gasteiger partial charge >= 0.3 is 6.18 Å². The lowest BCUT2D eigenvalue weighted by Gasteiger charge is -2.09. The first-order valence-corrected chi connectivity index (χ1v) is 9.98. The zero-order valence-corrected chi connectivity index (χ0v) is 17.9. The Morgan fingerprint density at radius 2 is 1.84 bits per heavy atom. The second kappa shape index (κ2) is 9.90. The molecule has 0 aliphatic rings. The molecule has 0 bridgehead atoms. The number of rotatable bonds is 6. The first-order chi connectivity index (χ1) is 14.7. The van der Waals surface area contributed by atoms with Gasteiger partial charge in [-0.15, -0.1) is 0 Å². The summed E-state index contributed by atoms with van der Waals surface area (Å²) in [7, 11) is 0. The van der Waals surface area contributed by atoms with Crippen molar-refractivity contribution in [2.45, 2.75) is 12.8 Å². The predicted octanol–water partition coefficient (Wildman–Crippen LogP) is 5.79. The number of alkyl halides is 3. The average molecular weight is 542 g/mol. The molecule has 0 aromatic heterocycles. The van der Waals surface area contributed by atoms with Crippen LogP contribution in [0.4, 0.5) is 17.6 Å². The fourth-order valence-electron chi connectivity index (χ4n) is 2.55. The smallest absolute Gasteiger partial charge is 0.416 e. The molecule has 0 saturated carbocycles. The Morgan fingerprint density at radius 1 is 1.06 bits per heavy atom. The predicted molar refractivity (Wildman–Crippen MR) is 116 cm³/mol. The van der Waals surface area contributed by atoms with Crippen molar-refractivity contribution >= 4 is 34.7 Å². The average Bonchev–Trinajstić information content (AvgIpc) is 2.73. The number of hydrogen-bond acceptors (Lipinski definition) is 3. The van der Waals surface area contributed by atoms with Crippen molar-refractivity contribution in [1.29, 1.82) is 0 Å². The van der Waals surface area contributed by atoms with Gasteiger partial charge < -0.3 is 4.74 Å². The molecule has 0 atom stereocenters. The van der Waals surface area contributed by atoms with E-state index in [0.717, 1.165) is 21.8 Å². The van der Waals surface area contributed by atoms with Crippen LogP contribution in [0.3, 0.4) is 0 Å². The molecule has 3 aromatic carbocycles. The van der Waals surface area contributed by atoms with E-state index in [1.165, 1.54) is 18.3 Å². The molecule has 1 N–H and O–H groups in total. The van der Waals surface area contributed by atoms with Crippen LogP contribution in [0.5, 0.6) is 5.75 Å². The van der Waals surface area contributed by atoms with E-state index in [2.05, 4.69) is 10.5 Å². The third kappa shape index (κ3) is 6.27. The number of nitrogens with zero attached hydrogens (tertiary/aromatic N) is 1. The summed E-state index contributed by atoms with van der Waals surface area (Å²) in [5.41, 5.74) is 2.20. The van der Waals surface area contributed by atoms with E-state index in [9.17, 15) is 22.4 Å². The van der Waals surface area contributed by atoms with Crippen molar-refractivity contribution < 1.29 is 27.1 Å². The van der Waals surface area contributed by atoms with Crippen LogP contribution in [0.2, 0.25) is 0 Å². The Hall–Kier alpha value is -2.95. The monoisotopic (exact) mass is 542 g/mol. The van der Waals surface area contributed by atoms with E-state index in [1.807, 2.05) is 22.6 Å². The number of hydrogen-bond donors (Lipinski definition) is 1. The van der Waals surface area contributed by atoms with E-state index in [1.54, 1.807) is 36.4 Å². The second-order valence-electron chi connectivity index (χ2n) is 6.35. The molecular weight excluding hydrogens is 527 g/mol. The Balaban J connectivity index is 1.61. The summed E-state index contributed by atoms with van der Waals surface area (Å²) in [5, 5.41) is 3.79. The number of nitrogens with one attached hydrogen (secondary N) is 1. The highest BCUT2D eigenvalue weighted by atomic mass is 127. The number of benzene rings is 3. The van der Waals surface area contributed by atoms with Crippen LogP contribution >= 0.6 is 22.6 Å². The lowest BCUT2D eigenvalue weighted by molar-refractivity contribution is -0.137. The SMILES string of the molecule is O=C(N/N=C\c1ccc(OCc2ccccc2F)c(I)c1)c1cccc(C(F)(F)F)c1. The Bertz CT molecular complexity index is 1120. The van der Waals surface area contributed by atoms with Crippen molar-refractivity contribution in [3.63, 3.8) is 0 Å². The molecule has 160 valence electrons. The van der Waals surface area contributed by atoms with Crippen LogP contribution in [-0.2, 0) is 12.8 Å². The molecule has 9 heteroatoms. The topological polar surface area (TPSA) is 50.7 Å². The summed E-state index contributed by atoms with van der Waals surface area (Å²) in [4.78, 5) is 12.0. The van der Waals surface area contributed by atoms with Gasteiger partial charge in [-0.3, -0.25) is 4.79 Å². The molecule has 0 aliphatic heterocycles. The van der Waals surface area contributed by atoms with Crippen LogP contribution in [-0.4, -0.2) is 12.1 Å². The Labute approximate surface area is 189 Å². The van der Waals surface area contributed by atoms with E-state index in [4.69, 9.17) is 4.74 Å². The third-order valence-corrected chi connectivity index (χ3v) is 4.97. The molecule has 0 saturated heterocycles. The quantitative estimate of drug-likeness (QED) is 0.186. The van der Waals surface area contributed by atoms with Crippen LogP contribution in [0.1, 0.15) is 27.0 Å². The second-order valence-corrected chi connectivity index (χ2v) is 7.51. The maximum Gasteiger partial charge on any atom is 0.416 e. The molecule has 0 unspecified atom stereocenters. The summed E-state index contributed by atoms with van der Waals surface area (Å²) >= 11 is 2.05. The van der Waals surface area contributed by atoms with Crippen molar-refractivity contribution in [3.05, 3.63) is 98.4 Å². The minimum atomic E-state index is -4.54. The number of carbonyl (C=O) groups is 1. The summed E-state index contributed by atoms with van der Waals surface area (Å²) in [6.07, 6.45) is -3.18. The summed E-state index contributed by atoms with van der Waals surface area (Å²) < 4.78 is 58.3. The Morgan fingerprint density at radius 3 is 2.55 bits per heavy atom. The summed E-state index contributed by atoms with van der Waals surface area (Å²) in [5.74, 6) is -0.561. The van der Waals surface area contributed by atoms with Gasteiger partial charge in [0.15, 0.2) is 0 Å². The van der Waals surface area contributed by atoms with Crippen LogP contribution in [0.15, 0.2) is 71.8 Å². The lowest BCUT2D eigenvalue weighted by Crippen LogP contribution is -2.18. The van der Waals surface area contributed by atoms with Gasteiger partial charge in [0.1, 0.15) is 18.2 Å². The van der Waals surface area contributed by atoms with Gasteiger partial charge in [0.2, 0.25) is 0 Å². The van der Waals surface area contributed by atoms with E-state index < -0.39 is 17.6 Å². The Kier molecular flexibility index (Phi) is 7.26. The van der Waals surface area contributed by atoms with Gasteiger partial charge in [0, 0.05) is 11.1 Å². The normalized spacial score (nSPS) is 11.5. The minimum absolute atomic E-state index is 0.0726. The van der Waals surface area contributed by atoms with Crippen LogP contribution < -0.4 is 10.2 Å². The van der Waals surface area contributed by atoms with Crippen molar-refractivity contribution in [3.8, 4) is 5.75 Å². The molecule has 0 heterocycles. The van der Waals surface area contributed by atoms with Gasteiger partial charge in [-0.2, -0.15) is 18.3 Å². The zero-order chi connectivity index (χ0) is 22.4. The zero-order valence-electron chi connectivity index (χ0n) is 15.8. The third-order valence-electron chi connectivity index (χ3n) is 4.13. The molecule has 3 aromatic rings. The van der Waals surface area contributed by atoms with Gasteiger partial charge in [0.25, 0.3) is 5.91 Å². The molecule has 0 aliphatic carbocycles. The van der Waals surface area contributed by atoms with Gasteiger partial charge in [-0.25, -0.2) is 9.82 Å².